The van der Waals surface area contributed by atoms with Crippen molar-refractivity contribution in [3.8, 4) is 11.5 Å². The van der Waals surface area contributed by atoms with E-state index in [1.54, 1.807) is 0 Å². The Morgan fingerprint density at radius 2 is 1.50 bits per heavy atom. The van der Waals surface area contributed by atoms with E-state index in [-0.39, 0.29) is 39.9 Å². The molecule has 0 aliphatic carbocycles. The van der Waals surface area contributed by atoms with E-state index in [9.17, 15) is 29.4 Å². The highest BCUT2D eigenvalue weighted by Gasteiger charge is 2.29. The number of esters is 1. The van der Waals surface area contributed by atoms with E-state index in [1.807, 2.05) is 0 Å². The van der Waals surface area contributed by atoms with Crippen LogP contribution in [0.5, 0.6) is 11.5 Å². The lowest BCUT2D eigenvalue weighted by molar-refractivity contribution is 0.0192. The SMILES string of the molecule is CC(=O)c1ccc(O)c(C(=O)c2ccc(C(=O)O[C@@H]3CCCNC[C@H]3NC(=O)c3ccc(O)cc3)cc2)c1. The van der Waals surface area contributed by atoms with Crippen LogP contribution < -0.4 is 10.6 Å². The van der Waals surface area contributed by atoms with Gasteiger partial charge in [-0.05, 0) is 80.9 Å². The first-order valence-corrected chi connectivity index (χ1v) is 12.2. The molecule has 1 aliphatic heterocycles. The molecule has 9 nitrogen and oxygen atoms in total. The number of aromatic hydroxyl groups is 2. The number of hydrogen-bond acceptors (Lipinski definition) is 8. The number of ketones is 2. The third-order valence-electron chi connectivity index (χ3n) is 6.39. The smallest absolute Gasteiger partial charge is 0.338 e. The number of phenols is 2. The van der Waals surface area contributed by atoms with Crippen molar-refractivity contribution in [2.45, 2.75) is 31.9 Å². The molecule has 2 atom stereocenters. The fourth-order valence-corrected chi connectivity index (χ4v) is 4.22. The molecule has 4 rings (SSSR count). The number of hydrogen-bond donors (Lipinski definition) is 4. The molecule has 1 aliphatic rings. The Morgan fingerprint density at radius 3 is 2.18 bits per heavy atom. The first-order chi connectivity index (χ1) is 18.2. The van der Waals surface area contributed by atoms with Crippen LogP contribution in [0.1, 0.15) is 66.8 Å². The Bertz CT molecular complexity index is 1350. The molecule has 0 saturated carbocycles. The third kappa shape index (κ3) is 6.24. The molecule has 4 N–H and O–H groups in total. The van der Waals surface area contributed by atoms with Crippen LogP contribution in [-0.2, 0) is 4.74 Å². The summed E-state index contributed by atoms with van der Waals surface area (Å²) in [5.41, 5.74) is 1.12. The van der Waals surface area contributed by atoms with Gasteiger partial charge < -0.3 is 25.6 Å². The van der Waals surface area contributed by atoms with Crippen molar-refractivity contribution in [3.63, 3.8) is 0 Å². The van der Waals surface area contributed by atoms with Gasteiger partial charge in [0.1, 0.15) is 17.6 Å². The van der Waals surface area contributed by atoms with Crippen LogP contribution in [0.15, 0.2) is 66.7 Å². The van der Waals surface area contributed by atoms with Crippen LogP contribution in [0.25, 0.3) is 0 Å². The topological polar surface area (TPSA) is 142 Å². The van der Waals surface area contributed by atoms with Crippen molar-refractivity contribution in [2.75, 3.05) is 13.1 Å². The van der Waals surface area contributed by atoms with E-state index in [2.05, 4.69) is 10.6 Å². The molecule has 1 heterocycles. The van der Waals surface area contributed by atoms with Crippen LogP contribution in [0, 0.1) is 0 Å². The lowest BCUT2D eigenvalue weighted by Crippen LogP contribution is -2.49. The number of carbonyl (C=O) groups is 4. The zero-order valence-electron chi connectivity index (χ0n) is 20.8. The molecule has 38 heavy (non-hydrogen) atoms. The summed E-state index contributed by atoms with van der Waals surface area (Å²) in [4.78, 5) is 50.2. The summed E-state index contributed by atoms with van der Waals surface area (Å²) in [5.74, 6) is -1.86. The Morgan fingerprint density at radius 1 is 0.868 bits per heavy atom. The second kappa shape index (κ2) is 11.7. The van der Waals surface area contributed by atoms with Crippen molar-refractivity contribution in [1.29, 1.82) is 0 Å². The summed E-state index contributed by atoms with van der Waals surface area (Å²) in [5, 5.41) is 25.7. The van der Waals surface area contributed by atoms with Gasteiger partial charge in [0, 0.05) is 23.2 Å². The Balaban J connectivity index is 1.45. The molecule has 0 unspecified atom stereocenters. The molecule has 1 amide bonds. The van der Waals surface area contributed by atoms with Gasteiger partial charge in [0.15, 0.2) is 11.6 Å². The first-order valence-electron chi connectivity index (χ1n) is 12.2. The quantitative estimate of drug-likeness (QED) is 0.277. The highest BCUT2D eigenvalue weighted by molar-refractivity contribution is 6.12. The molecule has 0 bridgehead atoms. The highest BCUT2D eigenvalue weighted by atomic mass is 16.5. The summed E-state index contributed by atoms with van der Waals surface area (Å²) in [6.45, 7) is 2.50. The van der Waals surface area contributed by atoms with Gasteiger partial charge in [0.05, 0.1) is 17.2 Å². The van der Waals surface area contributed by atoms with Crippen LogP contribution in [0.3, 0.4) is 0 Å². The highest BCUT2D eigenvalue weighted by Crippen LogP contribution is 2.23. The summed E-state index contributed by atoms with van der Waals surface area (Å²) in [6, 6.07) is 15.3. The van der Waals surface area contributed by atoms with Gasteiger partial charge in [0.2, 0.25) is 0 Å². The van der Waals surface area contributed by atoms with E-state index in [4.69, 9.17) is 4.74 Å². The number of Topliss-reactive ketones (excluding diaryl/α,β-unsaturated/α-hetero) is 1. The second-order valence-corrected chi connectivity index (χ2v) is 9.11. The molecule has 0 radical (unpaired) electrons. The monoisotopic (exact) mass is 516 g/mol. The molecule has 3 aromatic rings. The first kappa shape index (κ1) is 26.6. The molecular formula is C29H28N2O7. The minimum atomic E-state index is -0.596. The number of amides is 1. The minimum Gasteiger partial charge on any atom is -0.508 e. The minimum absolute atomic E-state index is 0.00815. The van der Waals surface area contributed by atoms with E-state index >= 15 is 0 Å². The maximum absolute atomic E-state index is 12.9. The lowest BCUT2D eigenvalue weighted by Gasteiger charge is -2.26. The second-order valence-electron chi connectivity index (χ2n) is 9.11. The lowest BCUT2D eigenvalue weighted by atomic mass is 9.98. The summed E-state index contributed by atoms with van der Waals surface area (Å²) in [6.07, 6.45) is 0.715. The van der Waals surface area contributed by atoms with Gasteiger partial charge >= 0.3 is 5.97 Å². The van der Waals surface area contributed by atoms with Gasteiger partial charge in [-0.15, -0.1) is 0 Å². The molecule has 9 heteroatoms. The molecule has 3 aromatic carbocycles. The predicted octanol–water partition coefficient (Wildman–Crippen LogP) is 3.24. The normalized spacial score (nSPS) is 17.2. The molecular weight excluding hydrogens is 488 g/mol. The van der Waals surface area contributed by atoms with Crippen LogP contribution >= 0.6 is 0 Å². The summed E-state index contributed by atoms with van der Waals surface area (Å²) in [7, 11) is 0. The van der Waals surface area contributed by atoms with Crippen LogP contribution in [0.4, 0.5) is 0 Å². The number of ether oxygens (including phenoxy) is 1. The molecule has 1 fully saturated rings. The Hall–Kier alpha value is -4.50. The zero-order valence-corrected chi connectivity index (χ0v) is 20.8. The van der Waals surface area contributed by atoms with Crippen LogP contribution in [-0.4, -0.2) is 58.9 Å². The maximum atomic E-state index is 12.9. The predicted molar refractivity (Wildman–Crippen MR) is 139 cm³/mol. The van der Waals surface area contributed by atoms with E-state index in [1.165, 1.54) is 73.7 Å². The van der Waals surface area contributed by atoms with Crippen molar-refractivity contribution < 1.29 is 34.1 Å². The number of carbonyl (C=O) groups excluding carboxylic acids is 4. The average Bonchev–Trinajstić information content (AvgIpc) is 3.13. The van der Waals surface area contributed by atoms with Crippen molar-refractivity contribution in [3.05, 3.63) is 94.5 Å². The molecule has 1 saturated heterocycles. The molecule has 0 aromatic heterocycles. The summed E-state index contributed by atoms with van der Waals surface area (Å²) < 4.78 is 5.78. The molecule has 196 valence electrons. The van der Waals surface area contributed by atoms with Crippen LogP contribution in [0.2, 0.25) is 0 Å². The standard InChI is InChI=1S/C29H28N2O7/c1-17(32)21-10-13-25(34)23(15-21)27(35)18-4-6-20(7-5-18)29(37)38-26-3-2-14-30-16-24(26)31-28(36)19-8-11-22(33)12-9-19/h4-13,15,24,26,30,33-34H,2-3,14,16H2,1H3,(H,31,36)/t24-,26-/m1/s1. The van der Waals surface area contributed by atoms with Crippen molar-refractivity contribution in [2.24, 2.45) is 0 Å². The van der Waals surface area contributed by atoms with E-state index in [0.29, 0.717) is 30.6 Å². The maximum Gasteiger partial charge on any atom is 0.338 e. The fraction of sp³-hybridized carbons (Fsp3) is 0.241. The Kier molecular flexibility index (Phi) is 8.18. The number of benzene rings is 3. The van der Waals surface area contributed by atoms with Crippen molar-refractivity contribution in [1.82, 2.24) is 10.6 Å². The van der Waals surface area contributed by atoms with E-state index in [0.717, 1.165) is 6.42 Å². The van der Waals surface area contributed by atoms with Gasteiger partial charge in [-0.1, -0.05) is 12.1 Å². The van der Waals surface area contributed by atoms with Gasteiger partial charge in [-0.25, -0.2) is 4.79 Å². The fourth-order valence-electron chi connectivity index (χ4n) is 4.22. The number of nitrogens with one attached hydrogen (secondary N) is 2. The zero-order chi connectivity index (χ0) is 27.2. The molecule has 0 spiro atoms. The largest absolute Gasteiger partial charge is 0.508 e. The summed E-state index contributed by atoms with van der Waals surface area (Å²) >= 11 is 0. The number of rotatable bonds is 7. The van der Waals surface area contributed by atoms with Gasteiger partial charge in [-0.3, -0.25) is 14.4 Å². The number of phenolic OH excluding ortho intramolecular Hbond substituents is 2. The van der Waals surface area contributed by atoms with Gasteiger partial charge in [0.25, 0.3) is 5.91 Å². The van der Waals surface area contributed by atoms with Crippen molar-refractivity contribution >= 4 is 23.4 Å². The Labute approximate surface area is 219 Å². The van der Waals surface area contributed by atoms with E-state index < -0.39 is 23.9 Å². The average molecular weight is 517 g/mol. The van der Waals surface area contributed by atoms with Gasteiger partial charge in [-0.2, -0.15) is 0 Å². The third-order valence-corrected chi connectivity index (χ3v) is 6.39.